The van der Waals surface area contributed by atoms with Gasteiger partial charge in [0, 0.05) is 12.4 Å². The quantitative estimate of drug-likeness (QED) is 0.884. The molecule has 0 aliphatic carbocycles. The lowest BCUT2D eigenvalue weighted by atomic mass is 9.99. The van der Waals surface area contributed by atoms with E-state index in [0.29, 0.717) is 0 Å². The van der Waals surface area contributed by atoms with Crippen molar-refractivity contribution in [2.75, 3.05) is 0 Å². The predicted molar refractivity (Wildman–Crippen MR) is 63.5 cm³/mol. The third-order valence-electron chi connectivity index (χ3n) is 2.51. The Kier molecular flexibility index (Phi) is 3.24. The Labute approximate surface area is 107 Å². The molecule has 0 aliphatic rings. The van der Waals surface area contributed by atoms with E-state index in [0.717, 1.165) is 18.3 Å². The number of nitrogens with zero attached hydrogens (tertiary/aromatic N) is 1. The Bertz CT molecular complexity index is 669. The summed E-state index contributed by atoms with van der Waals surface area (Å²) >= 11 is 0. The highest BCUT2D eigenvalue weighted by Gasteiger charge is 2.14. The van der Waals surface area contributed by atoms with Crippen LogP contribution in [0.3, 0.4) is 0 Å². The van der Waals surface area contributed by atoms with Crippen molar-refractivity contribution in [3.63, 3.8) is 0 Å². The van der Waals surface area contributed by atoms with Gasteiger partial charge in [0.1, 0.15) is 5.82 Å². The molecule has 0 fully saturated rings. The predicted octanol–water partition coefficient (Wildman–Crippen LogP) is 2.28. The topological polar surface area (TPSA) is 87.5 Å². The monoisotopic (exact) mass is 261 g/mol. The maximum atomic E-state index is 13.4. The molecule has 0 aliphatic heterocycles. The molecule has 96 valence electrons. The lowest BCUT2D eigenvalue weighted by Gasteiger charge is -2.07. The van der Waals surface area contributed by atoms with Gasteiger partial charge < -0.3 is 10.2 Å². The van der Waals surface area contributed by atoms with Crippen molar-refractivity contribution >= 4 is 11.9 Å². The molecule has 2 N–H and O–H groups in total. The fourth-order valence-corrected chi connectivity index (χ4v) is 1.69. The molecule has 0 radical (unpaired) electrons. The Morgan fingerprint density at radius 1 is 1.11 bits per heavy atom. The van der Waals surface area contributed by atoms with E-state index in [1.165, 1.54) is 18.3 Å². The third kappa shape index (κ3) is 2.57. The van der Waals surface area contributed by atoms with Crippen LogP contribution < -0.4 is 0 Å². The number of pyridine rings is 1. The van der Waals surface area contributed by atoms with Crippen LogP contribution in [0.5, 0.6) is 0 Å². The number of benzene rings is 1. The number of carboxylic acids is 2. The van der Waals surface area contributed by atoms with E-state index in [1.807, 2.05) is 0 Å². The maximum absolute atomic E-state index is 13.4. The van der Waals surface area contributed by atoms with Crippen LogP contribution in [0, 0.1) is 5.82 Å². The first-order valence-corrected chi connectivity index (χ1v) is 5.20. The molecule has 0 spiro atoms. The van der Waals surface area contributed by atoms with Crippen molar-refractivity contribution in [2.24, 2.45) is 0 Å². The third-order valence-corrected chi connectivity index (χ3v) is 2.51. The van der Waals surface area contributed by atoms with Crippen molar-refractivity contribution in [3.8, 4) is 11.1 Å². The molecule has 0 unspecified atom stereocenters. The normalized spacial score (nSPS) is 10.2. The molecule has 1 aromatic heterocycles. The average molecular weight is 261 g/mol. The van der Waals surface area contributed by atoms with Gasteiger partial charge in [0.2, 0.25) is 0 Å². The van der Waals surface area contributed by atoms with Gasteiger partial charge in [-0.05, 0) is 35.4 Å². The van der Waals surface area contributed by atoms with Crippen molar-refractivity contribution in [1.29, 1.82) is 0 Å². The van der Waals surface area contributed by atoms with Crippen LogP contribution in [-0.4, -0.2) is 27.1 Å². The summed E-state index contributed by atoms with van der Waals surface area (Å²) in [4.78, 5) is 25.6. The Morgan fingerprint density at radius 3 is 2.47 bits per heavy atom. The molecule has 5 nitrogen and oxygen atoms in total. The summed E-state index contributed by atoms with van der Waals surface area (Å²) in [6.45, 7) is 0. The molecular formula is C13H8FNO4. The molecule has 2 rings (SSSR count). The SMILES string of the molecule is O=C(O)c1cc(F)cc(-c2ccncc2C(=O)O)c1. The van der Waals surface area contributed by atoms with Crippen LogP contribution in [-0.2, 0) is 0 Å². The van der Waals surface area contributed by atoms with Crippen molar-refractivity contribution in [1.82, 2.24) is 4.98 Å². The molecule has 0 atom stereocenters. The first kappa shape index (κ1) is 12.7. The number of carboxylic acid groups (broad SMARTS) is 2. The van der Waals surface area contributed by atoms with E-state index in [1.54, 1.807) is 0 Å². The van der Waals surface area contributed by atoms with Crippen LogP contribution in [0.25, 0.3) is 11.1 Å². The zero-order valence-electron chi connectivity index (χ0n) is 9.50. The van der Waals surface area contributed by atoms with E-state index < -0.39 is 17.8 Å². The second-order valence-corrected chi connectivity index (χ2v) is 3.76. The molecule has 0 saturated heterocycles. The average Bonchev–Trinajstić information content (AvgIpc) is 2.37. The summed E-state index contributed by atoms with van der Waals surface area (Å²) in [6, 6.07) is 4.55. The van der Waals surface area contributed by atoms with E-state index in [-0.39, 0.29) is 22.3 Å². The summed E-state index contributed by atoms with van der Waals surface area (Å²) in [6.07, 6.45) is 2.48. The Hall–Kier alpha value is -2.76. The number of aromatic carboxylic acids is 2. The maximum Gasteiger partial charge on any atom is 0.337 e. The fraction of sp³-hybridized carbons (Fsp3) is 0. The zero-order chi connectivity index (χ0) is 14.0. The molecule has 0 amide bonds. The molecule has 0 bridgehead atoms. The van der Waals surface area contributed by atoms with Gasteiger partial charge in [-0.3, -0.25) is 4.98 Å². The van der Waals surface area contributed by atoms with E-state index in [9.17, 15) is 14.0 Å². The number of aromatic nitrogens is 1. The summed E-state index contributed by atoms with van der Waals surface area (Å²) in [7, 11) is 0. The molecule has 1 aromatic carbocycles. The minimum Gasteiger partial charge on any atom is -0.478 e. The number of carbonyl (C=O) groups is 2. The lowest BCUT2D eigenvalue weighted by molar-refractivity contribution is 0.0686. The van der Waals surface area contributed by atoms with Crippen molar-refractivity contribution in [3.05, 3.63) is 53.6 Å². The second-order valence-electron chi connectivity index (χ2n) is 3.76. The lowest BCUT2D eigenvalue weighted by Crippen LogP contribution is -2.02. The standard InChI is InChI=1S/C13H8FNO4/c14-9-4-7(3-8(5-9)12(16)17)10-1-2-15-6-11(10)13(18)19/h1-6H,(H,16,17)(H,18,19). The fourth-order valence-electron chi connectivity index (χ4n) is 1.69. The van der Waals surface area contributed by atoms with Gasteiger partial charge in [-0.15, -0.1) is 0 Å². The Balaban J connectivity index is 2.65. The van der Waals surface area contributed by atoms with Crippen LogP contribution in [0.4, 0.5) is 4.39 Å². The molecule has 0 saturated carbocycles. The summed E-state index contributed by atoms with van der Waals surface area (Å²) in [5.74, 6) is -3.25. The smallest absolute Gasteiger partial charge is 0.337 e. The van der Waals surface area contributed by atoms with Gasteiger partial charge in [-0.2, -0.15) is 0 Å². The highest BCUT2D eigenvalue weighted by molar-refractivity contribution is 5.97. The molecule has 2 aromatic rings. The highest BCUT2D eigenvalue weighted by atomic mass is 19.1. The van der Waals surface area contributed by atoms with E-state index in [2.05, 4.69) is 4.98 Å². The molecular weight excluding hydrogens is 253 g/mol. The van der Waals surface area contributed by atoms with E-state index in [4.69, 9.17) is 10.2 Å². The van der Waals surface area contributed by atoms with Crippen LogP contribution in [0.2, 0.25) is 0 Å². The van der Waals surface area contributed by atoms with Gasteiger partial charge in [0.25, 0.3) is 0 Å². The second kappa shape index (κ2) is 4.85. The number of halogens is 1. The number of rotatable bonds is 3. The molecule has 19 heavy (non-hydrogen) atoms. The Morgan fingerprint density at radius 2 is 1.84 bits per heavy atom. The van der Waals surface area contributed by atoms with Gasteiger partial charge in [0.15, 0.2) is 0 Å². The van der Waals surface area contributed by atoms with Gasteiger partial charge in [0.05, 0.1) is 11.1 Å². The van der Waals surface area contributed by atoms with Gasteiger partial charge in [-0.25, -0.2) is 14.0 Å². The van der Waals surface area contributed by atoms with Gasteiger partial charge in [-0.1, -0.05) is 0 Å². The van der Waals surface area contributed by atoms with Crippen LogP contribution >= 0.6 is 0 Å². The largest absolute Gasteiger partial charge is 0.478 e. The highest BCUT2D eigenvalue weighted by Crippen LogP contribution is 2.25. The number of hydrogen-bond donors (Lipinski definition) is 2. The van der Waals surface area contributed by atoms with Crippen molar-refractivity contribution in [2.45, 2.75) is 0 Å². The first-order chi connectivity index (χ1) is 8.99. The van der Waals surface area contributed by atoms with Crippen LogP contribution in [0.15, 0.2) is 36.7 Å². The summed E-state index contributed by atoms with van der Waals surface area (Å²) < 4.78 is 13.4. The number of hydrogen-bond acceptors (Lipinski definition) is 3. The van der Waals surface area contributed by atoms with Crippen molar-refractivity contribution < 1.29 is 24.2 Å². The summed E-state index contributed by atoms with van der Waals surface area (Å²) in [5, 5.41) is 17.9. The van der Waals surface area contributed by atoms with Gasteiger partial charge >= 0.3 is 11.9 Å². The summed E-state index contributed by atoms with van der Waals surface area (Å²) in [5.41, 5.74) is 0.0225. The minimum absolute atomic E-state index is 0.121. The first-order valence-electron chi connectivity index (χ1n) is 5.20. The molecule has 6 heteroatoms. The van der Waals surface area contributed by atoms with E-state index >= 15 is 0 Å². The van der Waals surface area contributed by atoms with Crippen LogP contribution in [0.1, 0.15) is 20.7 Å². The zero-order valence-corrected chi connectivity index (χ0v) is 9.50. The molecule has 1 heterocycles. The minimum atomic E-state index is -1.29.